The van der Waals surface area contributed by atoms with Crippen molar-refractivity contribution in [2.24, 2.45) is 0 Å². The summed E-state index contributed by atoms with van der Waals surface area (Å²) in [5, 5.41) is 17.2. The molecule has 1 fully saturated rings. The molecular weight excluding hydrogens is 486 g/mol. The number of carboxylic acid groups (broad SMARTS) is 1. The van der Waals surface area contributed by atoms with Crippen LogP contribution in [0.2, 0.25) is 0 Å². The summed E-state index contributed by atoms with van der Waals surface area (Å²) < 4.78 is 0. The van der Waals surface area contributed by atoms with Crippen molar-refractivity contribution in [2.45, 2.75) is 37.7 Å². The maximum absolute atomic E-state index is 13.0. The number of pyridine rings is 1. The van der Waals surface area contributed by atoms with Crippen molar-refractivity contribution in [3.8, 4) is 11.3 Å². The smallest absolute Gasteiger partial charge is 0.409 e. The van der Waals surface area contributed by atoms with E-state index in [0.29, 0.717) is 22.1 Å². The number of thioether (sulfide) groups is 1. The summed E-state index contributed by atoms with van der Waals surface area (Å²) in [5.41, 5.74) is 2.45. The first-order valence-corrected chi connectivity index (χ1v) is 12.8. The molecule has 4 rings (SSSR count). The maximum atomic E-state index is 13.0. The first-order valence-electron chi connectivity index (χ1n) is 10.8. The first-order chi connectivity index (χ1) is 16.6. The van der Waals surface area contributed by atoms with Crippen molar-refractivity contribution < 1.29 is 19.5 Å². The van der Waals surface area contributed by atoms with Gasteiger partial charge in [-0.05, 0) is 50.6 Å². The van der Waals surface area contributed by atoms with E-state index in [2.05, 4.69) is 20.6 Å². The molecule has 35 heavy (non-hydrogen) atoms. The zero-order valence-corrected chi connectivity index (χ0v) is 21.0. The molecule has 2 aromatic heterocycles. The Morgan fingerprint density at radius 2 is 1.77 bits per heavy atom. The number of aromatic nitrogens is 2. The van der Waals surface area contributed by atoms with E-state index in [1.54, 1.807) is 54.2 Å². The predicted molar refractivity (Wildman–Crippen MR) is 136 cm³/mol. The average molecular weight is 512 g/mol. The van der Waals surface area contributed by atoms with E-state index in [1.807, 2.05) is 20.8 Å². The van der Waals surface area contributed by atoms with Gasteiger partial charge in [-0.25, -0.2) is 9.78 Å². The van der Waals surface area contributed by atoms with Crippen LogP contribution in [0.25, 0.3) is 11.3 Å². The van der Waals surface area contributed by atoms with Gasteiger partial charge in [0.15, 0.2) is 5.13 Å². The summed E-state index contributed by atoms with van der Waals surface area (Å²) in [6, 6.07) is 9.72. The summed E-state index contributed by atoms with van der Waals surface area (Å²) in [4.78, 5) is 46.9. The summed E-state index contributed by atoms with van der Waals surface area (Å²) >= 11 is 2.65. The lowest BCUT2D eigenvalue weighted by atomic mass is 10.1. The fourth-order valence-corrected chi connectivity index (χ4v) is 5.73. The molecule has 0 radical (unpaired) electrons. The Labute approximate surface area is 211 Å². The summed E-state index contributed by atoms with van der Waals surface area (Å²) in [6.45, 7) is 5.76. The summed E-state index contributed by atoms with van der Waals surface area (Å²) in [7, 11) is 0. The van der Waals surface area contributed by atoms with Crippen molar-refractivity contribution in [3.05, 3.63) is 65.3 Å². The molecule has 0 aliphatic carbocycles. The quantitative estimate of drug-likeness (QED) is 0.462. The molecular formula is C24H25N5O4S2. The van der Waals surface area contributed by atoms with Gasteiger partial charge in [0.25, 0.3) is 5.91 Å². The molecule has 0 spiro atoms. The lowest BCUT2D eigenvalue weighted by molar-refractivity contribution is -0.119. The highest BCUT2D eigenvalue weighted by molar-refractivity contribution is 7.99. The molecule has 1 aliphatic rings. The number of carbonyl (C=O) groups excluding carboxylic acids is 2. The van der Waals surface area contributed by atoms with Gasteiger partial charge < -0.3 is 15.7 Å². The zero-order valence-electron chi connectivity index (χ0n) is 19.4. The van der Waals surface area contributed by atoms with Gasteiger partial charge in [-0.15, -0.1) is 23.1 Å². The monoisotopic (exact) mass is 511 g/mol. The van der Waals surface area contributed by atoms with Crippen molar-refractivity contribution in [3.63, 3.8) is 0 Å². The van der Waals surface area contributed by atoms with E-state index in [9.17, 15) is 19.5 Å². The lowest BCUT2D eigenvalue weighted by Crippen LogP contribution is -2.44. The van der Waals surface area contributed by atoms with Crippen LogP contribution in [0.3, 0.4) is 0 Å². The third kappa shape index (κ3) is 5.80. The Kier molecular flexibility index (Phi) is 7.08. The minimum atomic E-state index is -1.16. The van der Waals surface area contributed by atoms with Crippen LogP contribution < -0.4 is 10.6 Å². The number of nitrogens with one attached hydrogen (secondary N) is 2. The number of carbonyl (C=O) groups is 3. The Bertz CT molecular complexity index is 1220. The highest BCUT2D eigenvalue weighted by Gasteiger charge is 2.42. The maximum Gasteiger partial charge on any atom is 0.409 e. The fourth-order valence-electron chi connectivity index (χ4n) is 3.58. The zero-order chi connectivity index (χ0) is 25.2. The first kappa shape index (κ1) is 24.7. The van der Waals surface area contributed by atoms with Gasteiger partial charge in [-0.1, -0.05) is 12.1 Å². The van der Waals surface area contributed by atoms with Crippen LogP contribution in [0.1, 0.15) is 42.1 Å². The molecule has 9 nitrogen and oxygen atoms in total. The lowest BCUT2D eigenvalue weighted by Gasteiger charge is -2.25. The minimum absolute atomic E-state index is 0.155. The summed E-state index contributed by atoms with van der Waals surface area (Å²) in [6.07, 6.45) is 2.04. The number of hydrogen-bond acceptors (Lipinski definition) is 7. The molecule has 0 saturated carbocycles. The standard InChI is InChI=1S/C24H25N5O4S2/c1-24(2,3)28-19(30)15-6-4-14(5-7-15)17-12-35-22(26-17)27-20(31)18-13-34-21(29(18)23(32)33)16-8-10-25-11-9-16/h4-12,18,21H,13H2,1-3H3,(H,28,30)(H,32,33)(H,26,27,31). The number of hydrogen-bond donors (Lipinski definition) is 3. The highest BCUT2D eigenvalue weighted by Crippen LogP contribution is 2.41. The molecule has 1 aliphatic heterocycles. The Morgan fingerprint density at radius 3 is 2.40 bits per heavy atom. The topological polar surface area (TPSA) is 125 Å². The van der Waals surface area contributed by atoms with E-state index in [4.69, 9.17) is 0 Å². The van der Waals surface area contributed by atoms with Gasteiger partial charge in [0.2, 0.25) is 5.91 Å². The van der Waals surface area contributed by atoms with Gasteiger partial charge >= 0.3 is 6.09 Å². The van der Waals surface area contributed by atoms with Crippen LogP contribution in [0.5, 0.6) is 0 Å². The van der Waals surface area contributed by atoms with Crippen molar-refractivity contribution in [1.29, 1.82) is 0 Å². The number of anilines is 1. The molecule has 2 unspecified atom stereocenters. The Hall–Kier alpha value is -3.44. The van der Waals surface area contributed by atoms with Crippen LogP contribution in [-0.2, 0) is 4.79 Å². The number of amides is 3. The van der Waals surface area contributed by atoms with Crippen molar-refractivity contribution in [2.75, 3.05) is 11.1 Å². The minimum Gasteiger partial charge on any atom is -0.465 e. The van der Waals surface area contributed by atoms with E-state index < -0.39 is 23.4 Å². The molecule has 3 aromatic rings. The van der Waals surface area contributed by atoms with Gasteiger partial charge in [0.1, 0.15) is 11.4 Å². The molecule has 182 valence electrons. The second-order valence-electron chi connectivity index (χ2n) is 8.98. The summed E-state index contributed by atoms with van der Waals surface area (Å²) in [5.74, 6) is -0.245. The van der Waals surface area contributed by atoms with Crippen molar-refractivity contribution in [1.82, 2.24) is 20.2 Å². The molecule has 0 bridgehead atoms. The second-order valence-corrected chi connectivity index (χ2v) is 11.0. The highest BCUT2D eigenvalue weighted by atomic mass is 32.2. The van der Waals surface area contributed by atoms with Crippen LogP contribution in [-0.4, -0.2) is 55.2 Å². The van der Waals surface area contributed by atoms with Crippen LogP contribution in [0.4, 0.5) is 9.93 Å². The third-order valence-corrected chi connectivity index (χ3v) is 7.26. The van der Waals surface area contributed by atoms with Gasteiger partial charge in [-0.3, -0.25) is 19.5 Å². The fraction of sp³-hybridized carbons (Fsp3) is 0.292. The van der Waals surface area contributed by atoms with Crippen LogP contribution >= 0.6 is 23.1 Å². The molecule has 11 heteroatoms. The second kappa shape index (κ2) is 10.0. The normalized spacial score (nSPS) is 17.7. The number of nitrogens with zero attached hydrogens (tertiary/aromatic N) is 3. The van der Waals surface area contributed by atoms with Gasteiger partial charge in [0.05, 0.1) is 5.69 Å². The molecule has 1 saturated heterocycles. The Balaban J connectivity index is 1.44. The molecule has 3 amide bonds. The molecule has 2 atom stereocenters. The van der Waals surface area contributed by atoms with Crippen LogP contribution in [0.15, 0.2) is 54.2 Å². The third-order valence-electron chi connectivity index (χ3n) is 5.18. The van der Waals surface area contributed by atoms with E-state index in [0.717, 1.165) is 11.1 Å². The molecule has 3 heterocycles. The van der Waals surface area contributed by atoms with E-state index in [1.165, 1.54) is 28.0 Å². The van der Waals surface area contributed by atoms with Crippen LogP contribution in [0, 0.1) is 0 Å². The van der Waals surface area contributed by atoms with E-state index in [-0.39, 0.29) is 11.4 Å². The molecule has 1 aromatic carbocycles. The largest absolute Gasteiger partial charge is 0.465 e. The number of benzene rings is 1. The van der Waals surface area contributed by atoms with Gasteiger partial charge in [-0.2, -0.15) is 0 Å². The van der Waals surface area contributed by atoms with Gasteiger partial charge in [0, 0.05) is 40.2 Å². The number of rotatable bonds is 5. The average Bonchev–Trinajstić information content (AvgIpc) is 3.46. The predicted octanol–water partition coefficient (Wildman–Crippen LogP) is 4.47. The molecule has 3 N–H and O–H groups in total. The SMILES string of the molecule is CC(C)(C)NC(=O)c1ccc(-c2csc(NC(=O)C3CSC(c4ccncc4)N3C(=O)O)n2)cc1. The van der Waals surface area contributed by atoms with Crippen molar-refractivity contribution >= 4 is 46.1 Å². The number of thiazole rings is 1. The van der Waals surface area contributed by atoms with E-state index >= 15 is 0 Å². The Morgan fingerprint density at radius 1 is 1.09 bits per heavy atom.